The highest BCUT2D eigenvalue weighted by atomic mass is 16.2. The predicted octanol–water partition coefficient (Wildman–Crippen LogP) is 1.70. The van der Waals surface area contributed by atoms with Gasteiger partial charge in [-0.15, -0.1) is 0 Å². The quantitative estimate of drug-likeness (QED) is 0.872. The lowest BCUT2D eigenvalue weighted by atomic mass is 10.1. The van der Waals surface area contributed by atoms with E-state index in [0.717, 1.165) is 30.2 Å². The average Bonchev–Trinajstić information content (AvgIpc) is 3.25. The molecule has 142 valence electrons. The van der Waals surface area contributed by atoms with Gasteiger partial charge in [-0.3, -0.25) is 14.6 Å². The van der Waals surface area contributed by atoms with E-state index >= 15 is 0 Å². The van der Waals surface area contributed by atoms with Crippen LogP contribution in [0, 0.1) is 11.8 Å². The van der Waals surface area contributed by atoms with Crippen molar-refractivity contribution in [3.8, 4) is 0 Å². The summed E-state index contributed by atoms with van der Waals surface area (Å²) < 4.78 is 2.08. The van der Waals surface area contributed by atoms with Crippen LogP contribution >= 0.6 is 0 Å². The Labute approximate surface area is 158 Å². The molecule has 4 rings (SSSR count). The Morgan fingerprint density at radius 3 is 2.74 bits per heavy atom. The molecule has 1 saturated carbocycles. The SMILES string of the molecule is C[C@@H]1C[C@H]1C(=O)N1CCn2cc(CC(=O)NCc3ccccn3)nc2[C@H]1C. The predicted molar refractivity (Wildman–Crippen MR) is 99.4 cm³/mol. The van der Waals surface area contributed by atoms with E-state index in [0.29, 0.717) is 19.0 Å². The fourth-order valence-electron chi connectivity index (χ4n) is 3.73. The summed E-state index contributed by atoms with van der Waals surface area (Å²) in [5.74, 6) is 1.73. The summed E-state index contributed by atoms with van der Waals surface area (Å²) in [7, 11) is 0. The molecule has 1 aliphatic carbocycles. The number of carbonyl (C=O) groups excluding carboxylic acids is 2. The van der Waals surface area contributed by atoms with Crippen LogP contribution in [0.4, 0.5) is 0 Å². The van der Waals surface area contributed by atoms with Gasteiger partial charge >= 0.3 is 0 Å². The van der Waals surface area contributed by atoms with E-state index < -0.39 is 0 Å². The third-order valence-electron chi connectivity index (χ3n) is 5.52. The largest absolute Gasteiger partial charge is 0.350 e. The zero-order valence-corrected chi connectivity index (χ0v) is 15.8. The number of aromatic nitrogens is 3. The molecule has 1 fully saturated rings. The van der Waals surface area contributed by atoms with Crippen LogP contribution < -0.4 is 5.32 Å². The molecule has 3 atom stereocenters. The Hall–Kier alpha value is -2.70. The molecule has 2 amide bonds. The minimum absolute atomic E-state index is 0.0515. The Morgan fingerprint density at radius 2 is 2.04 bits per heavy atom. The fourth-order valence-corrected chi connectivity index (χ4v) is 3.73. The van der Waals surface area contributed by atoms with Gasteiger partial charge in [0, 0.05) is 31.4 Å². The highest BCUT2D eigenvalue weighted by molar-refractivity contribution is 5.82. The van der Waals surface area contributed by atoms with Crippen molar-refractivity contribution in [3.63, 3.8) is 0 Å². The van der Waals surface area contributed by atoms with E-state index in [2.05, 4.69) is 26.8 Å². The van der Waals surface area contributed by atoms with Crippen LogP contribution in [0.25, 0.3) is 0 Å². The zero-order chi connectivity index (χ0) is 19.0. The molecule has 1 N–H and O–H groups in total. The van der Waals surface area contributed by atoms with Gasteiger partial charge in [-0.1, -0.05) is 13.0 Å². The van der Waals surface area contributed by atoms with Crippen molar-refractivity contribution in [3.05, 3.63) is 47.8 Å². The molecule has 3 heterocycles. The van der Waals surface area contributed by atoms with Gasteiger partial charge in [-0.2, -0.15) is 0 Å². The van der Waals surface area contributed by atoms with E-state index in [4.69, 9.17) is 0 Å². The highest BCUT2D eigenvalue weighted by Gasteiger charge is 2.43. The molecule has 27 heavy (non-hydrogen) atoms. The maximum absolute atomic E-state index is 12.6. The number of amides is 2. The standard InChI is InChI=1S/C20H25N5O2/c1-13-9-17(13)20(27)25-8-7-24-12-16(23-19(24)14(25)2)10-18(26)22-11-15-5-3-4-6-21-15/h3-6,12-14,17H,7-11H2,1-2H3,(H,22,26)/t13-,14-,17-/m1/s1. The molecule has 0 unspecified atom stereocenters. The number of nitrogens with zero attached hydrogens (tertiary/aromatic N) is 4. The Balaban J connectivity index is 1.37. The number of hydrogen-bond donors (Lipinski definition) is 1. The molecule has 7 nitrogen and oxygen atoms in total. The van der Waals surface area contributed by atoms with Crippen molar-refractivity contribution >= 4 is 11.8 Å². The molecule has 0 bridgehead atoms. The molecule has 2 aromatic heterocycles. The summed E-state index contributed by atoms with van der Waals surface area (Å²) in [6.45, 7) is 5.99. The number of hydrogen-bond acceptors (Lipinski definition) is 4. The monoisotopic (exact) mass is 367 g/mol. The van der Waals surface area contributed by atoms with Gasteiger partial charge in [0.15, 0.2) is 0 Å². The number of nitrogens with one attached hydrogen (secondary N) is 1. The van der Waals surface area contributed by atoms with Crippen LogP contribution in [-0.2, 0) is 29.1 Å². The van der Waals surface area contributed by atoms with Gasteiger partial charge in [0.2, 0.25) is 11.8 Å². The van der Waals surface area contributed by atoms with Gasteiger partial charge in [0.1, 0.15) is 5.82 Å². The first kappa shape index (κ1) is 17.7. The smallest absolute Gasteiger partial charge is 0.226 e. The summed E-state index contributed by atoms with van der Waals surface area (Å²) in [5, 5.41) is 2.88. The third kappa shape index (κ3) is 3.72. The molecule has 1 aliphatic heterocycles. The van der Waals surface area contributed by atoms with Crippen LogP contribution in [-0.4, -0.2) is 37.8 Å². The van der Waals surface area contributed by atoms with Gasteiger partial charge in [0.25, 0.3) is 0 Å². The minimum Gasteiger partial charge on any atom is -0.350 e. The number of pyridine rings is 1. The molecule has 7 heteroatoms. The van der Waals surface area contributed by atoms with Gasteiger partial charge in [-0.05, 0) is 31.4 Å². The number of imidazole rings is 1. The van der Waals surface area contributed by atoms with Gasteiger partial charge < -0.3 is 14.8 Å². The lowest BCUT2D eigenvalue weighted by Gasteiger charge is -2.34. The maximum atomic E-state index is 12.6. The van der Waals surface area contributed by atoms with E-state index in [1.807, 2.05) is 36.2 Å². The second-order valence-electron chi connectivity index (χ2n) is 7.59. The van der Waals surface area contributed by atoms with Crippen molar-refractivity contribution in [2.45, 2.75) is 45.8 Å². The van der Waals surface area contributed by atoms with Crippen LogP contribution in [0.1, 0.15) is 43.5 Å². The lowest BCUT2D eigenvalue weighted by Crippen LogP contribution is -2.42. The van der Waals surface area contributed by atoms with Gasteiger partial charge in [-0.25, -0.2) is 4.98 Å². The second-order valence-corrected chi connectivity index (χ2v) is 7.59. The van der Waals surface area contributed by atoms with Crippen LogP contribution in [0.5, 0.6) is 0 Å². The van der Waals surface area contributed by atoms with Crippen molar-refractivity contribution in [1.82, 2.24) is 24.8 Å². The zero-order valence-electron chi connectivity index (χ0n) is 15.8. The number of fused-ring (bicyclic) bond motifs is 1. The van der Waals surface area contributed by atoms with Gasteiger partial charge in [0.05, 0.1) is 30.4 Å². The summed E-state index contributed by atoms with van der Waals surface area (Å²) in [4.78, 5) is 35.6. The van der Waals surface area contributed by atoms with Crippen molar-refractivity contribution in [2.75, 3.05) is 6.54 Å². The van der Waals surface area contributed by atoms with Crippen molar-refractivity contribution < 1.29 is 9.59 Å². The highest BCUT2D eigenvalue weighted by Crippen LogP contribution is 2.41. The third-order valence-corrected chi connectivity index (χ3v) is 5.52. The van der Waals surface area contributed by atoms with Crippen molar-refractivity contribution in [1.29, 1.82) is 0 Å². The minimum atomic E-state index is -0.0801. The molecular formula is C20H25N5O2. The molecule has 2 aliphatic rings. The maximum Gasteiger partial charge on any atom is 0.226 e. The van der Waals surface area contributed by atoms with E-state index in [1.54, 1.807) is 6.20 Å². The summed E-state index contributed by atoms with van der Waals surface area (Å²) >= 11 is 0. The Bertz CT molecular complexity index is 847. The van der Waals surface area contributed by atoms with E-state index in [1.165, 1.54) is 0 Å². The van der Waals surface area contributed by atoms with Crippen LogP contribution in [0.15, 0.2) is 30.6 Å². The lowest BCUT2D eigenvalue weighted by molar-refractivity contribution is -0.136. The topological polar surface area (TPSA) is 80.1 Å². The van der Waals surface area contributed by atoms with Crippen LogP contribution in [0.2, 0.25) is 0 Å². The second kappa shape index (κ2) is 7.13. The molecule has 0 aromatic carbocycles. The molecular weight excluding hydrogens is 342 g/mol. The fraction of sp³-hybridized carbons (Fsp3) is 0.500. The first-order chi connectivity index (χ1) is 13.0. The Kier molecular flexibility index (Phi) is 4.68. The first-order valence-electron chi connectivity index (χ1n) is 9.56. The molecule has 0 saturated heterocycles. The normalized spacial score (nSPS) is 23.6. The van der Waals surface area contributed by atoms with E-state index in [9.17, 15) is 9.59 Å². The van der Waals surface area contributed by atoms with Crippen LogP contribution in [0.3, 0.4) is 0 Å². The number of rotatable bonds is 5. The summed E-state index contributed by atoms with van der Waals surface area (Å²) in [6, 6.07) is 5.57. The Morgan fingerprint density at radius 1 is 1.22 bits per heavy atom. The number of carbonyl (C=O) groups is 2. The summed E-state index contributed by atoms with van der Waals surface area (Å²) in [5.41, 5.74) is 1.57. The van der Waals surface area contributed by atoms with Crippen molar-refractivity contribution in [2.24, 2.45) is 11.8 Å². The first-order valence-corrected chi connectivity index (χ1v) is 9.56. The molecule has 0 radical (unpaired) electrons. The van der Waals surface area contributed by atoms with E-state index in [-0.39, 0.29) is 30.2 Å². The summed E-state index contributed by atoms with van der Waals surface area (Å²) in [6.07, 6.45) is 4.88. The molecule has 0 spiro atoms. The molecule has 2 aromatic rings. The average molecular weight is 367 g/mol.